The normalized spacial score (nSPS) is 19.2. The molecule has 3 aromatic carbocycles. The van der Waals surface area contributed by atoms with Gasteiger partial charge in [0, 0.05) is 29.7 Å². The number of likely N-dealkylation sites (tertiary alicyclic amines) is 2. The molecule has 13 nitrogen and oxygen atoms in total. The molecule has 5 atom stereocenters. The smallest absolute Gasteiger partial charge is 0.407 e. The number of nitrogens with zero attached hydrogens (tertiary/aromatic N) is 3. The molecule has 58 heavy (non-hydrogen) atoms. The molecule has 2 aliphatic heterocycles. The number of hydrogen-bond donors (Lipinski definition) is 4. The van der Waals surface area contributed by atoms with Crippen molar-refractivity contribution in [3.05, 3.63) is 77.7 Å². The van der Waals surface area contributed by atoms with Gasteiger partial charge in [-0.3, -0.25) is 9.59 Å². The van der Waals surface area contributed by atoms with E-state index in [1.165, 1.54) is 14.2 Å². The third kappa shape index (κ3) is 7.86. The maximum atomic E-state index is 13.8. The first kappa shape index (κ1) is 40.4. The molecule has 0 unspecified atom stereocenters. The molecule has 13 heteroatoms. The number of H-pyrrole nitrogens is 2. The highest BCUT2D eigenvalue weighted by molar-refractivity contribution is 5.91. The van der Waals surface area contributed by atoms with E-state index in [1.54, 1.807) is 0 Å². The fraction of sp³-hybridized carbons (Fsp3) is 0.444. The molecule has 2 saturated heterocycles. The zero-order valence-corrected chi connectivity index (χ0v) is 34.6. The number of fused-ring (bicyclic) bond motifs is 2. The minimum Gasteiger partial charge on any atom is -0.453 e. The number of carbonyl (C=O) groups excluding carboxylic acids is 4. The summed E-state index contributed by atoms with van der Waals surface area (Å²) >= 11 is 0. The standard InChI is InChI=1S/C45H55N7O6/c1-24(2)38(49-44(55)57-7)42(53)51-19-9-10-36(51)40-27(6)32-21-30(15-17-33(32)46-40)28-11-13-29(14-12-28)31-16-18-34-35(22-31)48-41(47-34)37-20-26(5)23-52(37)43(54)39(25(3)4)50-45(56)58-8/h11-18,21-22,24-26,36-39,46H,9-10,19-20,23H2,1-8H3,(H,47,48)(H,49,55)(H,50,56)/t26-,36-,37-,38-,39-/m0/s1. The molecule has 0 spiro atoms. The second-order valence-electron chi connectivity index (χ2n) is 16.6. The second-order valence-corrected chi connectivity index (χ2v) is 16.6. The van der Waals surface area contributed by atoms with Crippen molar-refractivity contribution in [3.63, 3.8) is 0 Å². The van der Waals surface area contributed by atoms with Gasteiger partial charge in [0.05, 0.1) is 37.3 Å². The predicted octanol–water partition coefficient (Wildman–Crippen LogP) is 8.02. The number of benzene rings is 3. The van der Waals surface area contributed by atoms with Crippen LogP contribution < -0.4 is 10.6 Å². The number of aromatic amines is 2. The second kappa shape index (κ2) is 16.6. The number of aryl methyl sites for hydroxylation is 1. The van der Waals surface area contributed by atoms with Crippen molar-refractivity contribution in [1.82, 2.24) is 35.4 Å². The number of amides is 4. The predicted molar refractivity (Wildman–Crippen MR) is 224 cm³/mol. The van der Waals surface area contributed by atoms with Crippen LogP contribution in [0.5, 0.6) is 0 Å². The zero-order valence-electron chi connectivity index (χ0n) is 34.6. The van der Waals surface area contributed by atoms with Gasteiger partial charge >= 0.3 is 12.2 Å². The number of rotatable bonds is 10. The molecule has 2 aromatic heterocycles. The van der Waals surface area contributed by atoms with Crippen LogP contribution in [0.1, 0.15) is 83.0 Å². The van der Waals surface area contributed by atoms with Crippen LogP contribution in [0.2, 0.25) is 0 Å². The number of ether oxygens (including phenoxy) is 2. The van der Waals surface area contributed by atoms with Crippen LogP contribution in [0.4, 0.5) is 9.59 Å². The van der Waals surface area contributed by atoms with E-state index in [-0.39, 0.29) is 41.7 Å². The van der Waals surface area contributed by atoms with Crippen LogP contribution in [-0.2, 0) is 19.1 Å². The molecule has 5 aromatic rings. The minimum absolute atomic E-state index is 0.0923. The van der Waals surface area contributed by atoms with Crippen LogP contribution in [-0.4, -0.2) is 88.1 Å². The fourth-order valence-electron chi connectivity index (χ4n) is 8.72. The Morgan fingerprint density at radius 1 is 0.741 bits per heavy atom. The van der Waals surface area contributed by atoms with Crippen molar-refractivity contribution >= 4 is 45.9 Å². The van der Waals surface area contributed by atoms with E-state index < -0.39 is 24.3 Å². The molecule has 2 aliphatic rings. The average Bonchev–Trinajstić information content (AvgIpc) is 4.02. The van der Waals surface area contributed by atoms with Crippen molar-refractivity contribution in [1.29, 1.82) is 0 Å². The highest BCUT2D eigenvalue weighted by atomic mass is 16.5. The van der Waals surface area contributed by atoms with Gasteiger partial charge in [0.25, 0.3) is 0 Å². The summed E-state index contributed by atoms with van der Waals surface area (Å²) in [5.41, 5.74) is 9.17. The monoisotopic (exact) mass is 789 g/mol. The Hall–Kier alpha value is -5.85. The Balaban J connectivity index is 1.09. The highest BCUT2D eigenvalue weighted by Crippen LogP contribution is 2.39. The van der Waals surface area contributed by atoms with E-state index in [2.05, 4.69) is 89.0 Å². The maximum Gasteiger partial charge on any atom is 0.407 e. The topological polar surface area (TPSA) is 162 Å². The van der Waals surface area contributed by atoms with Crippen LogP contribution >= 0.6 is 0 Å². The van der Waals surface area contributed by atoms with Crippen LogP contribution in [0.15, 0.2) is 60.7 Å². The lowest BCUT2D eigenvalue weighted by Crippen LogP contribution is -2.51. The van der Waals surface area contributed by atoms with E-state index in [1.807, 2.05) is 43.6 Å². The maximum absolute atomic E-state index is 13.8. The van der Waals surface area contributed by atoms with Gasteiger partial charge in [0.15, 0.2) is 0 Å². The average molecular weight is 790 g/mol. The molecule has 0 bridgehead atoms. The van der Waals surface area contributed by atoms with E-state index in [9.17, 15) is 19.2 Å². The largest absolute Gasteiger partial charge is 0.453 e. The fourth-order valence-corrected chi connectivity index (χ4v) is 8.72. The van der Waals surface area contributed by atoms with Crippen molar-refractivity contribution < 1.29 is 28.7 Å². The summed E-state index contributed by atoms with van der Waals surface area (Å²) in [6, 6.07) is 19.4. The first-order chi connectivity index (χ1) is 27.8. The summed E-state index contributed by atoms with van der Waals surface area (Å²) in [6.07, 6.45) is 1.27. The van der Waals surface area contributed by atoms with E-state index in [0.29, 0.717) is 13.1 Å². The molecule has 306 valence electrons. The number of imidazole rings is 1. The molecule has 4 N–H and O–H groups in total. The lowest BCUT2D eigenvalue weighted by molar-refractivity contribution is -0.136. The third-order valence-electron chi connectivity index (χ3n) is 11.9. The molecule has 0 radical (unpaired) electrons. The Morgan fingerprint density at radius 3 is 1.91 bits per heavy atom. The van der Waals surface area contributed by atoms with Gasteiger partial charge in [-0.2, -0.15) is 0 Å². The van der Waals surface area contributed by atoms with Gasteiger partial charge in [0.1, 0.15) is 17.9 Å². The lowest BCUT2D eigenvalue weighted by atomic mass is 9.98. The number of alkyl carbamates (subject to hydrolysis) is 2. The van der Waals surface area contributed by atoms with Gasteiger partial charge in [-0.1, -0.05) is 71.0 Å². The summed E-state index contributed by atoms with van der Waals surface area (Å²) in [4.78, 5) is 67.5. The molecule has 4 amide bonds. The Labute approximate surface area is 339 Å². The summed E-state index contributed by atoms with van der Waals surface area (Å²) in [6.45, 7) is 13.1. The van der Waals surface area contributed by atoms with Gasteiger partial charge in [-0.25, -0.2) is 14.6 Å². The van der Waals surface area contributed by atoms with Crippen LogP contribution in [0, 0.1) is 24.7 Å². The lowest BCUT2D eigenvalue weighted by Gasteiger charge is -2.30. The van der Waals surface area contributed by atoms with E-state index in [0.717, 1.165) is 80.5 Å². The number of methoxy groups -OCH3 is 2. The quantitative estimate of drug-likeness (QED) is 0.111. The molecular formula is C45H55N7O6. The van der Waals surface area contributed by atoms with Crippen molar-refractivity contribution in [2.24, 2.45) is 17.8 Å². The minimum atomic E-state index is -0.701. The number of aromatic nitrogens is 3. The molecule has 0 aliphatic carbocycles. The first-order valence-corrected chi connectivity index (χ1v) is 20.3. The van der Waals surface area contributed by atoms with Gasteiger partial charge in [0.2, 0.25) is 11.8 Å². The number of hydrogen-bond acceptors (Lipinski definition) is 7. The van der Waals surface area contributed by atoms with Gasteiger partial charge in [-0.15, -0.1) is 0 Å². The Bertz CT molecular complexity index is 2330. The van der Waals surface area contributed by atoms with Crippen molar-refractivity contribution in [3.8, 4) is 22.3 Å². The summed E-state index contributed by atoms with van der Waals surface area (Å²) < 4.78 is 9.60. The Kier molecular flexibility index (Phi) is 11.5. The van der Waals surface area contributed by atoms with Gasteiger partial charge < -0.3 is 39.9 Å². The van der Waals surface area contributed by atoms with Gasteiger partial charge in [-0.05, 0) is 96.0 Å². The molecule has 0 saturated carbocycles. The third-order valence-corrected chi connectivity index (χ3v) is 11.9. The SMILES string of the molecule is COC(=O)N[C@H](C(=O)N1C[C@@H](C)C[C@H]1c1nc2ccc(-c3ccc(-c4ccc5[nH]c([C@@H]6CCCN6C(=O)[C@@H](NC(=O)OC)C(C)C)c(C)c5c4)cc3)cc2[nH]1)C(C)C. The van der Waals surface area contributed by atoms with E-state index >= 15 is 0 Å². The first-order valence-electron chi connectivity index (χ1n) is 20.3. The summed E-state index contributed by atoms with van der Waals surface area (Å²) in [5, 5.41) is 6.58. The highest BCUT2D eigenvalue weighted by Gasteiger charge is 2.41. The van der Waals surface area contributed by atoms with Crippen molar-refractivity contribution in [2.45, 2.75) is 85.0 Å². The van der Waals surface area contributed by atoms with Crippen LogP contribution in [0.25, 0.3) is 44.2 Å². The number of carbonyl (C=O) groups is 4. The molecule has 4 heterocycles. The zero-order chi connectivity index (χ0) is 41.4. The molecule has 7 rings (SSSR count). The summed E-state index contributed by atoms with van der Waals surface area (Å²) in [7, 11) is 2.60. The number of nitrogens with one attached hydrogen (secondary N) is 4. The summed E-state index contributed by atoms with van der Waals surface area (Å²) in [5.74, 6) is 0.575. The van der Waals surface area contributed by atoms with Crippen molar-refractivity contribution in [2.75, 3.05) is 27.3 Å². The molecule has 2 fully saturated rings. The molecular weight excluding hydrogens is 735 g/mol. The van der Waals surface area contributed by atoms with E-state index in [4.69, 9.17) is 14.5 Å². The Morgan fingerprint density at radius 2 is 1.31 bits per heavy atom. The van der Waals surface area contributed by atoms with Crippen LogP contribution in [0.3, 0.4) is 0 Å².